The Labute approximate surface area is 133 Å². The van der Waals surface area contributed by atoms with Gasteiger partial charge in [0, 0.05) is 13.1 Å². The first kappa shape index (κ1) is 16.8. The number of carbonyl (C=O) groups excluding carboxylic acids is 2. The fraction of sp³-hybridized carbons (Fsp3) is 0.467. The number of amides is 2. The van der Waals surface area contributed by atoms with E-state index in [-0.39, 0.29) is 29.6 Å². The van der Waals surface area contributed by atoms with Gasteiger partial charge in [0.15, 0.2) is 0 Å². The van der Waals surface area contributed by atoms with E-state index in [9.17, 15) is 14.0 Å². The van der Waals surface area contributed by atoms with Crippen LogP contribution in [0, 0.1) is 5.82 Å². The number of benzene rings is 1. The largest absolute Gasteiger partial charge is 0.353 e. The molecule has 1 aliphatic heterocycles. The molecule has 0 aromatic heterocycles. The summed E-state index contributed by atoms with van der Waals surface area (Å²) >= 11 is 1.41. The smallest absolute Gasteiger partial charge is 0.239 e. The van der Waals surface area contributed by atoms with Crippen LogP contribution in [-0.4, -0.2) is 61.1 Å². The van der Waals surface area contributed by atoms with Crippen molar-refractivity contribution in [2.75, 3.05) is 39.5 Å². The van der Waals surface area contributed by atoms with Crippen molar-refractivity contribution in [3.8, 4) is 0 Å². The van der Waals surface area contributed by atoms with Gasteiger partial charge in [0.1, 0.15) is 17.7 Å². The lowest BCUT2D eigenvalue weighted by Gasteiger charge is -2.23. The normalized spacial score (nSPS) is 18.1. The average molecular weight is 325 g/mol. The molecule has 1 N–H and O–H groups in total. The first-order valence-corrected chi connectivity index (χ1v) is 8.10. The predicted octanol–water partition coefficient (Wildman–Crippen LogP) is 1.08. The molecule has 0 spiro atoms. The van der Waals surface area contributed by atoms with E-state index in [1.165, 1.54) is 28.8 Å². The Kier molecular flexibility index (Phi) is 5.79. The minimum Gasteiger partial charge on any atom is -0.353 e. The molecule has 7 heteroatoms. The van der Waals surface area contributed by atoms with Crippen molar-refractivity contribution in [2.24, 2.45) is 0 Å². The van der Waals surface area contributed by atoms with Crippen molar-refractivity contribution >= 4 is 23.6 Å². The van der Waals surface area contributed by atoms with E-state index in [0.717, 1.165) is 6.54 Å². The maximum Gasteiger partial charge on any atom is 0.239 e. The minimum absolute atomic E-state index is 0.000438. The quantitative estimate of drug-likeness (QED) is 0.850. The highest BCUT2D eigenvalue weighted by Gasteiger charge is 2.34. The number of hydrogen-bond donors (Lipinski definition) is 1. The van der Waals surface area contributed by atoms with Crippen LogP contribution in [0.1, 0.15) is 10.9 Å². The van der Waals surface area contributed by atoms with E-state index in [2.05, 4.69) is 5.32 Å². The molecule has 5 nitrogen and oxygen atoms in total. The first-order chi connectivity index (χ1) is 10.5. The standard InChI is InChI=1S/C15H20FN3O2S/c1-18(2)7-6-17-13(20)9-19-14(21)10-22-15(19)11-4-3-5-12(16)8-11/h3-5,8,15H,6-7,9-10H2,1-2H3,(H,17,20)/t15-/m1/s1. The molecule has 2 rings (SSSR count). The number of hydrogen-bond acceptors (Lipinski definition) is 4. The van der Waals surface area contributed by atoms with Crippen LogP contribution in [-0.2, 0) is 9.59 Å². The van der Waals surface area contributed by atoms with E-state index < -0.39 is 0 Å². The SMILES string of the molecule is CN(C)CCNC(=O)CN1C(=O)CS[C@@H]1c1cccc(F)c1. The molecule has 22 heavy (non-hydrogen) atoms. The number of nitrogens with one attached hydrogen (secondary N) is 1. The lowest BCUT2D eigenvalue weighted by Crippen LogP contribution is -2.41. The van der Waals surface area contributed by atoms with Crippen molar-refractivity contribution < 1.29 is 14.0 Å². The van der Waals surface area contributed by atoms with E-state index >= 15 is 0 Å². The van der Waals surface area contributed by atoms with Crippen LogP contribution in [0.25, 0.3) is 0 Å². The van der Waals surface area contributed by atoms with Crippen LogP contribution in [0.2, 0.25) is 0 Å². The number of halogens is 1. The summed E-state index contributed by atoms with van der Waals surface area (Å²) in [6.45, 7) is 1.27. The molecule has 1 aromatic rings. The molecular weight excluding hydrogens is 305 g/mol. The van der Waals surface area contributed by atoms with Gasteiger partial charge in [0.2, 0.25) is 11.8 Å². The Bertz CT molecular complexity index is 553. The van der Waals surface area contributed by atoms with E-state index in [4.69, 9.17) is 0 Å². The molecule has 1 saturated heterocycles. The molecule has 2 amide bonds. The minimum atomic E-state index is -0.340. The Morgan fingerprint density at radius 2 is 2.27 bits per heavy atom. The van der Waals surface area contributed by atoms with Gasteiger partial charge in [-0.25, -0.2) is 4.39 Å². The van der Waals surface area contributed by atoms with Gasteiger partial charge in [-0.2, -0.15) is 0 Å². The Morgan fingerprint density at radius 1 is 1.50 bits per heavy atom. The lowest BCUT2D eigenvalue weighted by molar-refractivity contribution is -0.133. The Morgan fingerprint density at radius 3 is 2.95 bits per heavy atom. The maximum absolute atomic E-state index is 13.4. The van der Waals surface area contributed by atoms with Gasteiger partial charge in [0.25, 0.3) is 0 Å². The summed E-state index contributed by atoms with van der Waals surface area (Å²) in [6, 6.07) is 6.16. The Balaban J connectivity index is 1.98. The van der Waals surface area contributed by atoms with Crippen LogP contribution < -0.4 is 5.32 Å². The van der Waals surface area contributed by atoms with Gasteiger partial charge in [-0.15, -0.1) is 11.8 Å². The van der Waals surface area contributed by atoms with Gasteiger partial charge in [0.05, 0.1) is 5.75 Å². The highest BCUT2D eigenvalue weighted by Crippen LogP contribution is 2.38. The second-order valence-corrected chi connectivity index (χ2v) is 6.46. The molecule has 0 saturated carbocycles. The Hall–Kier alpha value is -1.60. The number of carbonyl (C=O) groups is 2. The number of thioether (sulfide) groups is 1. The number of rotatable bonds is 6. The summed E-state index contributed by atoms with van der Waals surface area (Å²) in [7, 11) is 3.85. The monoisotopic (exact) mass is 325 g/mol. The molecule has 1 fully saturated rings. The second-order valence-electron chi connectivity index (χ2n) is 5.39. The van der Waals surface area contributed by atoms with Crippen molar-refractivity contribution in [1.82, 2.24) is 15.1 Å². The zero-order chi connectivity index (χ0) is 16.1. The number of nitrogens with zero attached hydrogens (tertiary/aromatic N) is 2. The molecule has 120 valence electrons. The van der Waals surface area contributed by atoms with Crippen LogP contribution in [0.4, 0.5) is 4.39 Å². The van der Waals surface area contributed by atoms with Crippen molar-refractivity contribution in [2.45, 2.75) is 5.37 Å². The van der Waals surface area contributed by atoms with Crippen LogP contribution in [0.15, 0.2) is 24.3 Å². The summed E-state index contributed by atoms with van der Waals surface area (Å²) in [4.78, 5) is 27.4. The highest BCUT2D eigenvalue weighted by atomic mass is 32.2. The summed E-state index contributed by atoms with van der Waals surface area (Å²) in [5, 5.41) is 2.48. The molecule has 0 aliphatic carbocycles. The molecular formula is C15H20FN3O2S. The molecule has 1 heterocycles. The maximum atomic E-state index is 13.4. The van der Waals surface area contributed by atoms with Crippen molar-refractivity contribution in [3.05, 3.63) is 35.6 Å². The zero-order valence-corrected chi connectivity index (χ0v) is 13.5. The van der Waals surface area contributed by atoms with Gasteiger partial charge in [-0.1, -0.05) is 12.1 Å². The summed E-state index contributed by atoms with van der Waals surface area (Å²) in [5.41, 5.74) is 0.706. The summed E-state index contributed by atoms with van der Waals surface area (Å²) in [5.74, 6) is -0.319. The lowest BCUT2D eigenvalue weighted by atomic mass is 10.2. The summed E-state index contributed by atoms with van der Waals surface area (Å²) < 4.78 is 13.4. The van der Waals surface area contributed by atoms with Crippen molar-refractivity contribution in [3.63, 3.8) is 0 Å². The van der Waals surface area contributed by atoms with Gasteiger partial charge in [-0.05, 0) is 31.8 Å². The van der Waals surface area contributed by atoms with Crippen LogP contribution in [0.5, 0.6) is 0 Å². The van der Waals surface area contributed by atoms with E-state index in [1.807, 2.05) is 19.0 Å². The fourth-order valence-corrected chi connectivity index (χ4v) is 3.37. The topological polar surface area (TPSA) is 52.7 Å². The zero-order valence-electron chi connectivity index (χ0n) is 12.7. The van der Waals surface area contributed by atoms with Gasteiger partial charge >= 0.3 is 0 Å². The summed E-state index contributed by atoms with van der Waals surface area (Å²) in [6.07, 6.45) is 0. The molecule has 0 radical (unpaired) electrons. The first-order valence-electron chi connectivity index (χ1n) is 7.05. The van der Waals surface area contributed by atoms with E-state index in [1.54, 1.807) is 12.1 Å². The van der Waals surface area contributed by atoms with Crippen molar-refractivity contribution in [1.29, 1.82) is 0 Å². The highest BCUT2D eigenvalue weighted by molar-refractivity contribution is 8.00. The van der Waals surface area contributed by atoms with Crippen LogP contribution >= 0.6 is 11.8 Å². The second kappa shape index (κ2) is 7.60. The van der Waals surface area contributed by atoms with E-state index in [0.29, 0.717) is 17.9 Å². The average Bonchev–Trinajstić information content (AvgIpc) is 2.80. The third kappa shape index (κ3) is 4.45. The third-order valence-corrected chi connectivity index (χ3v) is 4.55. The predicted molar refractivity (Wildman–Crippen MR) is 84.9 cm³/mol. The third-order valence-electron chi connectivity index (χ3n) is 3.30. The van der Waals surface area contributed by atoms with Crippen LogP contribution in [0.3, 0.4) is 0 Å². The molecule has 0 bridgehead atoms. The molecule has 0 unspecified atom stereocenters. The molecule has 1 aliphatic rings. The molecule has 1 aromatic carbocycles. The van der Waals surface area contributed by atoms with Gasteiger partial charge < -0.3 is 15.1 Å². The van der Waals surface area contributed by atoms with Gasteiger partial charge in [-0.3, -0.25) is 9.59 Å². The molecule has 1 atom stereocenters. The number of likely N-dealkylation sites (N-methyl/N-ethyl adjacent to an activating group) is 1. The fourth-order valence-electron chi connectivity index (χ4n) is 2.19.